The molecule has 0 aliphatic carbocycles. The minimum atomic E-state index is 0.493. The van der Waals surface area contributed by atoms with Gasteiger partial charge in [0.15, 0.2) is 11.6 Å². The van der Waals surface area contributed by atoms with E-state index in [4.69, 9.17) is 0 Å². The molecule has 0 amide bonds. The van der Waals surface area contributed by atoms with Gasteiger partial charge < -0.3 is 10.2 Å². The third-order valence-corrected chi connectivity index (χ3v) is 3.17. The zero-order valence-corrected chi connectivity index (χ0v) is 12.1. The van der Waals surface area contributed by atoms with Crippen molar-refractivity contribution in [2.45, 2.75) is 39.7 Å². The van der Waals surface area contributed by atoms with Crippen LogP contribution in [0.3, 0.4) is 0 Å². The smallest absolute Gasteiger partial charge is 0.172 e. The Kier molecular flexibility index (Phi) is 5.62. The van der Waals surface area contributed by atoms with Crippen molar-refractivity contribution in [2.75, 3.05) is 24.3 Å². The highest BCUT2D eigenvalue weighted by atomic mass is 15.2. The Bertz CT molecular complexity index is 397. The van der Waals surface area contributed by atoms with E-state index in [0.29, 0.717) is 6.04 Å². The van der Waals surface area contributed by atoms with E-state index < -0.39 is 0 Å². The molecule has 0 saturated heterocycles. The van der Waals surface area contributed by atoms with Crippen molar-refractivity contribution in [3.05, 3.63) is 18.0 Å². The lowest BCUT2D eigenvalue weighted by atomic mass is 10.1. The maximum absolute atomic E-state index is 4.66. The van der Waals surface area contributed by atoms with Gasteiger partial charge in [-0.1, -0.05) is 19.9 Å². The van der Waals surface area contributed by atoms with Crippen LogP contribution in [0.15, 0.2) is 12.3 Å². The van der Waals surface area contributed by atoms with Crippen LogP contribution in [-0.4, -0.2) is 30.1 Å². The highest BCUT2D eigenvalue weighted by molar-refractivity contribution is 5.63. The summed E-state index contributed by atoms with van der Waals surface area (Å²) in [5.74, 6) is 1.75. The normalized spacial score (nSPS) is 11.2. The Morgan fingerprint density at radius 1 is 1.39 bits per heavy atom. The summed E-state index contributed by atoms with van der Waals surface area (Å²) in [6.45, 7) is 6.39. The van der Waals surface area contributed by atoms with Crippen molar-refractivity contribution < 1.29 is 0 Å². The van der Waals surface area contributed by atoms with Crippen molar-refractivity contribution in [1.82, 2.24) is 9.97 Å². The van der Waals surface area contributed by atoms with Crippen LogP contribution in [0.5, 0.6) is 0 Å². The van der Waals surface area contributed by atoms with Gasteiger partial charge in [0.1, 0.15) is 0 Å². The first-order valence-electron chi connectivity index (χ1n) is 6.58. The summed E-state index contributed by atoms with van der Waals surface area (Å²) in [6, 6.07) is 0.493. The summed E-state index contributed by atoms with van der Waals surface area (Å²) in [6.07, 6.45) is 7.94. The first-order chi connectivity index (χ1) is 8.67. The van der Waals surface area contributed by atoms with Gasteiger partial charge in [-0.3, -0.25) is 0 Å². The monoisotopic (exact) mass is 248 g/mol. The quantitative estimate of drug-likeness (QED) is 0.839. The van der Waals surface area contributed by atoms with Gasteiger partial charge in [0.2, 0.25) is 0 Å². The van der Waals surface area contributed by atoms with Gasteiger partial charge in [-0.25, -0.2) is 9.97 Å². The Hall–Kier alpha value is -1.58. The van der Waals surface area contributed by atoms with Gasteiger partial charge in [0, 0.05) is 20.1 Å². The molecule has 0 bridgehead atoms. The molecule has 0 aliphatic rings. The van der Waals surface area contributed by atoms with Gasteiger partial charge in [-0.2, -0.15) is 0 Å². The molecular formula is C14H24N4. The van der Waals surface area contributed by atoms with E-state index in [9.17, 15) is 0 Å². The first-order valence-corrected chi connectivity index (χ1v) is 6.58. The Morgan fingerprint density at radius 3 is 2.56 bits per heavy atom. The second kappa shape index (κ2) is 6.99. The third-order valence-electron chi connectivity index (χ3n) is 3.17. The summed E-state index contributed by atoms with van der Waals surface area (Å²) in [7, 11) is 3.96. The lowest BCUT2D eigenvalue weighted by molar-refractivity contribution is 0.586. The molecule has 0 unspecified atom stereocenters. The average Bonchev–Trinajstić information content (AvgIpc) is 2.40. The number of anilines is 2. The highest BCUT2D eigenvalue weighted by Crippen LogP contribution is 2.23. The number of nitrogens with one attached hydrogen (secondary N) is 1. The number of rotatable bonds is 6. The summed E-state index contributed by atoms with van der Waals surface area (Å²) in [5, 5.41) is 3.11. The van der Waals surface area contributed by atoms with Crippen molar-refractivity contribution >= 4 is 17.7 Å². The molecule has 0 fully saturated rings. The van der Waals surface area contributed by atoms with Crippen molar-refractivity contribution in [3.8, 4) is 0 Å². The number of allylic oxidation sites excluding steroid dienone is 1. The molecule has 18 heavy (non-hydrogen) atoms. The lowest BCUT2D eigenvalue weighted by Gasteiger charge is -2.28. The maximum Gasteiger partial charge on any atom is 0.172 e. The summed E-state index contributed by atoms with van der Waals surface area (Å²) in [4.78, 5) is 11.3. The molecule has 4 heteroatoms. The Labute approximate surface area is 110 Å². The molecule has 100 valence electrons. The minimum Gasteiger partial charge on any atom is -0.370 e. The van der Waals surface area contributed by atoms with Crippen molar-refractivity contribution in [1.29, 1.82) is 0 Å². The van der Waals surface area contributed by atoms with Crippen LogP contribution in [0.4, 0.5) is 11.6 Å². The van der Waals surface area contributed by atoms with Crippen molar-refractivity contribution in [3.63, 3.8) is 0 Å². The molecule has 1 N–H and O–H groups in total. The SMILES string of the molecule is C/C=C\c1cnc(NC)c(N(C)C(CC)CC)n1. The van der Waals surface area contributed by atoms with E-state index in [1.54, 1.807) is 6.20 Å². The molecule has 1 aromatic heterocycles. The maximum atomic E-state index is 4.66. The van der Waals surface area contributed by atoms with Crippen LogP contribution >= 0.6 is 0 Å². The number of nitrogens with zero attached hydrogens (tertiary/aromatic N) is 3. The second-order valence-electron chi connectivity index (χ2n) is 4.30. The van der Waals surface area contributed by atoms with E-state index in [0.717, 1.165) is 30.2 Å². The predicted molar refractivity (Wildman–Crippen MR) is 79.1 cm³/mol. The predicted octanol–water partition coefficient (Wildman–Crippen LogP) is 3.18. The third kappa shape index (κ3) is 3.22. The summed E-state index contributed by atoms with van der Waals surface area (Å²) in [5.41, 5.74) is 0.893. The summed E-state index contributed by atoms with van der Waals surface area (Å²) >= 11 is 0. The zero-order chi connectivity index (χ0) is 13.5. The molecular weight excluding hydrogens is 224 g/mol. The van der Waals surface area contributed by atoms with E-state index >= 15 is 0 Å². The number of aromatic nitrogens is 2. The van der Waals surface area contributed by atoms with Gasteiger partial charge in [0.25, 0.3) is 0 Å². The fourth-order valence-corrected chi connectivity index (χ4v) is 2.08. The van der Waals surface area contributed by atoms with Crippen LogP contribution < -0.4 is 10.2 Å². The van der Waals surface area contributed by atoms with E-state index in [1.165, 1.54) is 0 Å². The molecule has 0 saturated carbocycles. The molecule has 0 spiro atoms. The largest absolute Gasteiger partial charge is 0.370 e. The Morgan fingerprint density at radius 2 is 2.06 bits per heavy atom. The van der Waals surface area contributed by atoms with Gasteiger partial charge in [-0.15, -0.1) is 0 Å². The molecule has 0 radical (unpaired) electrons. The standard InChI is InChI=1S/C14H24N4/c1-6-9-11-10-16-13(15-4)14(17-11)18(5)12(7-2)8-3/h6,9-10,12H,7-8H2,1-5H3,(H,15,16)/b9-6-. The van der Waals surface area contributed by atoms with Crippen molar-refractivity contribution in [2.24, 2.45) is 0 Å². The topological polar surface area (TPSA) is 41.1 Å². The molecule has 0 atom stereocenters. The highest BCUT2D eigenvalue weighted by Gasteiger charge is 2.16. The molecule has 1 rings (SSSR count). The van der Waals surface area contributed by atoms with Gasteiger partial charge >= 0.3 is 0 Å². The fraction of sp³-hybridized carbons (Fsp3) is 0.571. The molecule has 1 aromatic rings. The second-order valence-corrected chi connectivity index (χ2v) is 4.30. The van der Waals surface area contributed by atoms with Crippen LogP contribution in [0.1, 0.15) is 39.3 Å². The average molecular weight is 248 g/mol. The fourth-order valence-electron chi connectivity index (χ4n) is 2.08. The minimum absolute atomic E-state index is 0.493. The van der Waals surface area contributed by atoms with Gasteiger partial charge in [0.05, 0.1) is 11.9 Å². The molecule has 4 nitrogen and oxygen atoms in total. The Balaban J connectivity index is 3.14. The number of hydrogen-bond donors (Lipinski definition) is 1. The van der Waals surface area contributed by atoms with Crippen LogP contribution in [0.2, 0.25) is 0 Å². The van der Waals surface area contributed by atoms with Crippen LogP contribution in [0.25, 0.3) is 6.08 Å². The zero-order valence-electron chi connectivity index (χ0n) is 12.1. The molecule has 1 heterocycles. The van der Waals surface area contributed by atoms with Crippen LogP contribution in [0, 0.1) is 0 Å². The van der Waals surface area contributed by atoms with E-state index in [-0.39, 0.29) is 0 Å². The van der Waals surface area contributed by atoms with E-state index in [1.807, 2.05) is 26.1 Å². The molecule has 0 aromatic carbocycles. The summed E-state index contributed by atoms with van der Waals surface area (Å²) < 4.78 is 0. The number of hydrogen-bond acceptors (Lipinski definition) is 4. The van der Waals surface area contributed by atoms with E-state index in [2.05, 4.69) is 41.1 Å². The lowest BCUT2D eigenvalue weighted by Crippen LogP contribution is -2.32. The van der Waals surface area contributed by atoms with Crippen LogP contribution in [-0.2, 0) is 0 Å². The first kappa shape index (κ1) is 14.5. The van der Waals surface area contributed by atoms with Gasteiger partial charge in [-0.05, 0) is 25.8 Å². The molecule has 0 aliphatic heterocycles.